The molecule has 1 amide bonds. The van der Waals surface area contributed by atoms with Crippen LogP contribution >= 0.6 is 23.2 Å². The molecule has 2 rings (SSSR count). The molecule has 1 aromatic carbocycles. The van der Waals surface area contributed by atoms with Gasteiger partial charge in [-0.3, -0.25) is 4.79 Å². The van der Waals surface area contributed by atoms with Gasteiger partial charge in [-0.15, -0.1) is 0 Å². The number of nitrogens with zero attached hydrogens (tertiary/aromatic N) is 1. The summed E-state index contributed by atoms with van der Waals surface area (Å²) in [7, 11) is 0. The van der Waals surface area contributed by atoms with Crippen molar-refractivity contribution in [3.8, 4) is 0 Å². The average Bonchev–Trinajstić information content (AvgIpc) is 2.43. The van der Waals surface area contributed by atoms with E-state index in [9.17, 15) is 4.79 Å². The largest absolute Gasteiger partial charge is 0.342 e. The highest BCUT2D eigenvalue weighted by Crippen LogP contribution is 2.25. The lowest BCUT2D eigenvalue weighted by atomic mass is 9.87. The van der Waals surface area contributed by atoms with Crippen LogP contribution in [0.1, 0.15) is 18.9 Å². The van der Waals surface area contributed by atoms with Crippen LogP contribution in [0.4, 0.5) is 0 Å². The van der Waals surface area contributed by atoms with Gasteiger partial charge < -0.3 is 10.6 Å². The Kier molecular flexibility index (Phi) is 5.30. The first kappa shape index (κ1) is 15.6. The molecule has 20 heavy (non-hydrogen) atoms. The monoisotopic (exact) mass is 314 g/mol. The minimum atomic E-state index is 0.133. The van der Waals surface area contributed by atoms with Crippen molar-refractivity contribution in [2.75, 3.05) is 19.6 Å². The van der Waals surface area contributed by atoms with Gasteiger partial charge in [-0.05, 0) is 42.5 Å². The standard InChI is InChI=1S/C15H20Cl2N2O/c1-10-4-5-19(9-12(10)8-18)15(20)7-11-2-3-13(16)14(17)6-11/h2-3,6,10,12H,4-5,7-9,18H2,1H3. The molecule has 0 aliphatic carbocycles. The van der Waals surface area contributed by atoms with Crippen molar-refractivity contribution in [1.82, 2.24) is 4.90 Å². The molecule has 1 aromatic rings. The summed E-state index contributed by atoms with van der Waals surface area (Å²) in [5.41, 5.74) is 6.67. The Bertz CT molecular complexity index is 493. The van der Waals surface area contributed by atoms with Gasteiger partial charge in [-0.25, -0.2) is 0 Å². The minimum absolute atomic E-state index is 0.133. The summed E-state index contributed by atoms with van der Waals surface area (Å²) in [6, 6.07) is 5.33. The van der Waals surface area contributed by atoms with Gasteiger partial charge in [0.25, 0.3) is 0 Å². The average molecular weight is 315 g/mol. The van der Waals surface area contributed by atoms with Gasteiger partial charge in [-0.2, -0.15) is 0 Å². The number of carbonyl (C=O) groups is 1. The normalized spacial score (nSPS) is 22.9. The van der Waals surface area contributed by atoms with E-state index >= 15 is 0 Å². The Labute approximate surface area is 130 Å². The summed E-state index contributed by atoms with van der Waals surface area (Å²) < 4.78 is 0. The van der Waals surface area contributed by atoms with E-state index in [-0.39, 0.29) is 5.91 Å². The van der Waals surface area contributed by atoms with E-state index in [4.69, 9.17) is 28.9 Å². The van der Waals surface area contributed by atoms with Crippen molar-refractivity contribution in [3.05, 3.63) is 33.8 Å². The van der Waals surface area contributed by atoms with Crippen molar-refractivity contribution in [2.24, 2.45) is 17.6 Å². The molecule has 2 N–H and O–H groups in total. The van der Waals surface area contributed by atoms with Crippen LogP contribution in [0.3, 0.4) is 0 Å². The second kappa shape index (κ2) is 6.79. The zero-order chi connectivity index (χ0) is 14.7. The van der Waals surface area contributed by atoms with E-state index in [1.54, 1.807) is 12.1 Å². The molecule has 3 nitrogen and oxygen atoms in total. The van der Waals surface area contributed by atoms with Crippen LogP contribution in [-0.2, 0) is 11.2 Å². The van der Waals surface area contributed by atoms with Crippen molar-refractivity contribution in [3.63, 3.8) is 0 Å². The molecule has 0 spiro atoms. The summed E-state index contributed by atoms with van der Waals surface area (Å²) in [4.78, 5) is 14.3. The summed E-state index contributed by atoms with van der Waals surface area (Å²) in [6.45, 7) is 4.42. The number of halogens is 2. The molecule has 1 aliphatic heterocycles. The first-order valence-corrected chi connectivity index (χ1v) is 7.68. The summed E-state index contributed by atoms with van der Waals surface area (Å²) in [6.07, 6.45) is 1.39. The number of amides is 1. The number of rotatable bonds is 3. The molecule has 2 atom stereocenters. The van der Waals surface area contributed by atoms with Crippen LogP contribution in [0.15, 0.2) is 18.2 Å². The van der Waals surface area contributed by atoms with Crippen molar-refractivity contribution >= 4 is 29.1 Å². The van der Waals surface area contributed by atoms with E-state index in [0.717, 1.165) is 25.1 Å². The van der Waals surface area contributed by atoms with Crippen molar-refractivity contribution < 1.29 is 4.79 Å². The molecule has 1 heterocycles. The Morgan fingerprint density at radius 1 is 1.40 bits per heavy atom. The zero-order valence-corrected chi connectivity index (χ0v) is 13.1. The number of likely N-dealkylation sites (tertiary alicyclic amines) is 1. The van der Waals surface area contributed by atoms with Crippen LogP contribution in [0.25, 0.3) is 0 Å². The molecule has 2 unspecified atom stereocenters. The third kappa shape index (κ3) is 3.66. The van der Waals surface area contributed by atoms with Gasteiger partial charge in [0, 0.05) is 13.1 Å². The first-order chi connectivity index (χ1) is 9.51. The molecular formula is C15H20Cl2N2O. The maximum Gasteiger partial charge on any atom is 0.227 e. The van der Waals surface area contributed by atoms with E-state index in [0.29, 0.717) is 34.8 Å². The van der Waals surface area contributed by atoms with Gasteiger partial charge in [-0.1, -0.05) is 36.2 Å². The Morgan fingerprint density at radius 3 is 2.80 bits per heavy atom. The molecule has 0 aromatic heterocycles. The molecule has 0 saturated carbocycles. The minimum Gasteiger partial charge on any atom is -0.342 e. The molecule has 110 valence electrons. The number of nitrogens with two attached hydrogens (primary N) is 1. The number of carbonyl (C=O) groups excluding carboxylic acids is 1. The fourth-order valence-corrected chi connectivity index (χ4v) is 2.94. The molecule has 0 radical (unpaired) electrons. The van der Waals surface area contributed by atoms with Gasteiger partial charge in [0.15, 0.2) is 0 Å². The van der Waals surface area contributed by atoms with E-state index < -0.39 is 0 Å². The van der Waals surface area contributed by atoms with Crippen LogP contribution < -0.4 is 5.73 Å². The van der Waals surface area contributed by atoms with Crippen molar-refractivity contribution in [2.45, 2.75) is 19.8 Å². The van der Waals surface area contributed by atoms with Gasteiger partial charge in [0.05, 0.1) is 16.5 Å². The summed E-state index contributed by atoms with van der Waals surface area (Å²) in [5, 5.41) is 1.00. The third-order valence-electron chi connectivity index (χ3n) is 4.11. The quantitative estimate of drug-likeness (QED) is 0.932. The Hall–Kier alpha value is -0.770. The van der Waals surface area contributed by atoms with E-state index in [1.165, 1.54) is 0 Å². The Morgan fingerprint density at radius 2 is 2.15 bits per heavy atom. The third-order valence-corrected chi connectivity index (χ3v) is 4.85. The van der Waals surface area contributed by atoms with Crippen LogP contribution in [0.5, 0.6) is 0 Å². The van der Waals surface area contributed by atoms with Crippen LogP contribution in [0.2, 0.25) is 10.0 Å². The summed E-state index contributed by atoms with van der Waals surface area (Å²) in [5.74, 6) is 1.13. The smallest absolute Gasteiger partial charge is 0.227 e. The fourth-order valence-electron chi connectivity index (χ4n) is 2.62. The topological polar surface area (TPSA) is 46.3 Å². The fraction of sp³-hybridized carbons (Fsp3) is 0.533. The molecular weight excluding hydrogens is 295 g/mol. The highest BCUT2D eigenvalue weighted by molar-refractivity contribution is 6.42. The van der Waals surface area contributed by atoms with E-state index in [2.05, 4.69) is 6.92 Å². The van der Waals surface area contributed by atoms with Crippen LogP contribution in [-0.4, -0.2) is 30.4 Å². The van der Waals surface area contributed by atoms with Gasteiger partial charge in [0.1, 0.15) is 0 Å². The summed E-state index contributed by atoms with van der Waals surface area (Å²) >= 11 is 11.9. The van der Waals surface area contributed by atoms with Crippen LogP contribution in [0, 0.1) is 11.8 Å². The molecule has 1 fully saturated rings. The van der Waals surface area contributed by atoms with Gasteiger partial charge in [0.2, 0.25) is 5.91 Å². The van der Waals surface area contributed by atoms with Crippen molar-refractivity contribution in [1.29, 1.82) is 0 Å². The lowest BCUT2D eigenvalue weighted by molar-refractivity contribution is -0.132. The lowest BCUT2D eigenvalue weighted by Crippen LogP contribution is -2.46. The lowest BCUT2D eigenvalue weighted by Gasteiger charge is -2.36. The highest BCUT2D eigenvalue weighted by atomic mass is 35.5. The van der Waals surface area contributed by atoms with E-state index in [1.807, 2.05) is 11.0 Å². The van der Waals surface area contributed by atoms with Gasteiger partial charge >= 0.3 is 0 Å². The molecule has 1 saturated heterocycles. The molecule has 1 aliphatic rings. The molecule has 0 bridgehead atoms. The SMILES string of the molecule is CC1CCN(C(=O)Cc2ccc(Cl)c(Cl)c2)CC1CN. The zero-order valence-electron chi connectivity index (χ0n) is 11.6. The predicted molar refractivity (Wildman–Crippen MR) is 83.1 cm³/mol. The number of hydrogen-bond acceptors (Lipinski definition) is 2. The highest BCUT2D eigenvalue weighted by Gasteiger charge is 2.27. The number of piperidine rings is 1. The number of hydrogen-bond donors (Lipinski definition) is 1. The predicted octanol–water partition coefficient (Wildman–Crippen LogP) is 2.98. The maximum absolute atomic E-state index is 12.3. The maximum atomic E-state index is 12.3. The first-order valence-electron chi connectivity index (χ1n) is 6.93. The molecule has 5 heteroatoms. The second-order valence-electron chi connectivity index (χ2n) is 5.53. The number of benzene rings is 1. The second-order valence-corrected chi connectivity index (χ2v) is 6.34. The Balaban J connectivity index is 1.99.